The van der Waals surface area contributed by atoms with Crippen molar-refractivity contribution in [3.05, 3.63) is 47.0 Å². The summed E-state index contributed by atoms with van der Waals surface area (Å²) in [5, 5.41) is 7.73. The fourth-order valence-electron chi connectivity index (χ4n) is 4.03. The number of nitrogens with zero attached hydrogens (tertiary/aromatic N) is 4. The molecular weight excluding hydrogens is 326 g/mol. The van der Waals surface area contributed by atoms with E-state index in [0.717, 1.165) is 56.1 Å². The monoisotopic (exact) mass is 353 g/mol. The van der Waals surface area contributed by atoms with E-state index in [1.165, 1.54) is 18.5 Å². The number of aromatic nitrogens is 3. The van der Waals surface area contributed by atoms with E-state index < -0.39 is 0 Å². The van der Waals surface area contributed by atoms with E-state index >= 15 is 0 Å². The van der Waals surface area contributed by atoms with Gasteiger partial charge in [-0.15, -0.1) is 0 Å². The van der Waals surface area contributed by atoms with Gasteiger partial charge >= 0.3 is 0 Å². The van der Waals surface area contributed by atoms with Crippen LogP contribution in [-0.4, -0.2) is 32.1 Å². The Bertz CT molecular complexity index is 778. The highest BCUT2D eigenvalue weighted by Crippen LogP contribution is 2.24. The van der Waals surface area contributed by atoms with Gasteiger partial charge in [-0.25, -0.2) is 0 Å². The summed E-state index contributed by atoms with van der Waals surface area (Å²) in [5.41, 5.74) is 4.35. The Hall–Kier alpha value is -2.21. The maximum Gasteiger partial charge on any atom is 0.223 e. The fourth-order valence-corrected chi connectivity index (χ4v) is 4.03. The van der Waals surface area contributed by atoms with Crippen LogP contribution in [0.2, 0.25) is 0 Å². The summed E-state index contributed by atoms with van der Waals surface area (Å²) in [6.45, 7) is 6.16. The van der Waals surface area contributed by atoms with Gasteiger partial charge in [-0.1, -0.05) is 18.9 Å². The highest BCUT2D eigenvalue weighted by molar-refractivity contribution is 5.78. The van der Waals surface area contributed by atoms with Crippen LogP contribution in [0.15, 0.2) is 24.3 Å². The molecule has 6 heteroatoms. The third-order valence-corrected chi connectivity index (χ3v) is 5.43. The molecule has 0 atom stereocenters. The SMILES string of the molecule is Cc1cccc(CN2CCn3nc(CNC(=O)C4CCCC4)cc3C2)n1. The van der Waals surface area contributed by atoms with Crippen molar-refractivity contribution in [3.8, 4) is 0 Å². The number of hydrogen-bond donors (Lipinski definition) is 1. The van der Waals surface area contributed by atoms with Gasteiger partial charge in [0.05, 0.1) is 30.2 Å². The van der Waals surface area contributed by atoms with Gasteiger partial charge in [0.1, 0.15) is 0 Å². The first-order valence-corrected chi connectivity index (χ1v) is 9.65. The van der Waals surface area contributed by atoms with Crippen LogP contribution in [0.4, 0.5) is 0 Å². The third kappa shape index (κ3) is 3.96. The number of fused-ring (bicyclic) bond motifs is 1. The van der Waals surface area contributed by atoms with Crippen molar-refractivity contribution >= 4 is 5.91 Å². The van der Waals surface area contributed by atoms with Crippen LogP contribution >= 0.6 is 0 Å². The van der Waals surface area contributed by atoms with Crippen LogP contribution in [0.25, 0.3) is 0 Å². The van der Waals surface area contributed by atoms with Crippen LogP contribution in [0, 0.1) is 12.8 Å². The first-order chi connectivity index (χ1) is 12.7. The van der Waals surface area contributed by atoms with Crippen molar-refractivity contribution in [2.24, 2.45) is 5.92 Å². The maximum atomic E-state index is 12.2. The van der Waals surface area contributed by atoms with Crippen LogP contribution in [-0.2, 0) is 31.0 Å². The van der Waals surface area contributed by atoms with Crippen LogP contribution < -0.4 is 5.32 Å². The third-order valence-electron chi connectivity index (χ3n) is 5.43. The molecule has 1 aliphatic heterocycles. The minimum absolute atomic E-state index is 0.195. The molecule has 1 fully saturated rings. The van der Waals surface area contributed by atoms with E-state index in [2.05, 4.69) is 43.2 Å². The molecule has 26 heavy (non-hydrogen) atoms. The molecule has 0 aromatic carbocycles. The van der Waals surface area contributed by atoms with Crippen molar-refractivity contribution in [1.29, 1.82) is 0 Å². The minimum atomic E-state index is 0.195. The van der Waals surface area contributed by atoms with Crippen molar-refractivity contribution in [3.63, 3.8) is 0 Å². The quantitative estimate of drug-likeness (QED) is 0.897. The molecule has 0 radical (unpaired) electrons. The summed E-state index contributed by atoms with van der Waals surface area (Å²) in [7, 11) is 0. The summed E-state index contributed by atoms with van der Waals surface area (Å²) in [5.74, 6) is 0.408. The average molecular weight is 353 g/mol. The molecule has 1 N–H and O–H groups in total. The number of nitrogens with one attached hydrogen (secondary N) is 1. The molecule has 138 valence electrons. The highest BCUT2D eigenvalue weighted by atomic mass is 16.1. The van der Waals surface area contributed by atoms with Crippen LogP contribution in [0.3, 0.4) is 0 Å². The number of aryl methyl sites for hydroxylation is 1. The first-order valence-electron chi connectivity index (χ1n) is 9.65. The lowest BCUT2D eigenvalue weighted by molar-refractivity contribution is -0.124. The van der Waals surface area contributed by atoms with Gasteiger partial charge in [0, 0.05) is 31.2 Å². The van der Waals surface area contributed by atoms with E-state index in [9.17, 15) is 4.79 Å². The van der Waals surface area contributed by atoms with E-state index in [-0.39, 0.29) is 11.8 Å². The molecule has 2 aromatic rings. The van der Waals surface area contributed by atoms with Gasteiger partial charge in [0.2, 0.25) is 5.91 Å². The molecule has 1 amide bonds. The maximum absolute atomic E-state index is 12.2. The lowest BCUT2D eigenvalue weighted by Gasteiger charge is -2.27. The zero-order valence-electron chi connectivity index (χ0n) is 15.4. The van der Waals surface area contributed by atoms with Crippen LogP contribution in [0.1, 0.15) is 48.5 Å². The highest BCUT2D eigenvalue weighted by Gasteiger charge is 2.23. The van der Waals surface area contributed by atoms with Gasteiger partial charge < -0.3 is 5.32 Å². The van der Waals surface area contributed by atoms with E-state index in [1.807, 2.05) is 13.0 Å². The molecule has 1 saturated carbocycles. The topological polar surface area (TPSA) is 63.1 Å². The average Bonchev–Trinajstić information content (AvgIpc) is 3.29. The lowest BCUT2D eigenvalue weighted by Crippen LogP contribution is -2.33. The molecule has 1 aliphatic carbocycles. The molecule has 0 bridgehead atoms. The summed E-state index contributed by atoms with van der Waals surface area (Å²) in [6.07, 6.45) is 4.44. The smallest absolute Gasteiger partial charge is 0.223 e. The number of hydrogen-bond acceptors (Lipinski definition) is 4. The molecule has 4 rings (SSSR count). The van der Waals surface area contributed by atoms with Gasteiger partial charge in [-0.05, 0) is 38.0 Å². The lowest BCUT2D eigenvalue weighted by atomic mass is 10.1. The molecule has 3 heterocycles. The molecular formula is C20H27N5O. The Morgan fingerprint density at radius 2 is 2.08 bits per heavy atom. The molecule has 2 aliphatic rings. The van der Waals surface area contributed by atoms with Gasteiger partial charge in [-0.3, -0.25) is 19.4 Å². The number of carbonyl (C=O) groups excluding carboxylic acids is 1. The normalized spacial score (nSPS) is 18.0. The fraction of sp³-hybridized carbons (Fsp3) is 0.550. The molecule has 2 aromatic heterocycles. The second kappa shape index (κ2) is 7.58. The standard InChI is InChI=1S/C20H27N5O/c1-15-5-4-8-17(22-15)13-24-9-10-25-19(14-24)11-18(23-25)12-21-20(26)16-6-2-3-7-16/h4-5,8,11,16H,2-3,6-7,9-10,12-14H2,1H3,(H,21,26). The summed E-state index contributed by atoms with van der Waals surface area (Å²) >= 11 is 0. The number of rotatable bonds is 5. The summed E-state index contributed by atoms with van der Waals surface area (Å²) in [6, 6.07) is 8.31. The van der Waals surface area contributed by atoms with Gasteiger partial charge in [0.25, 0.3) is 0 Å². The molecule has 0 unspecified atom stereocenters. The number of pyridine rings is 1. The zero-order chi connectivity index (χ0) is 17.9. The second-order valence-electron chi connectivity index (χ2n) is 7.53. The first kappa shape index (κ1) is 17.2. The predicted molar refractivity (Wildman–Crippen MR) is 99.1 cm³/mol. The zero-order valence-corrected chi connectivity index (χ0v) is 15.4. The summed E-state index contributed by atoms with van der Waals surface area (Å²) in [4.78, 5) is 19.2. The predicted octanol–water partition coefficient (Wildman–Crippen LogP) is 2.41. The van der Waals surface area contributed by atoms with E-state index in [0.29, 0.717) is 6.54 Å². The number of carbonyl (C=O) groups is 1. The van der Waals surface area contributed by atoms with Gasteiger partial charge in [-0.2, -0.15) is 5.10 Å². The molecule has 6 nitrogen and oxygen atoms in total. The van der Waals surface area contributed by atoms with Crippen molar-refractivity contribution in [2.75, 3.05) is 6.54 Å². The molecule has 0 spiro atoms. The van der Waals surface area contributed by atoms with E-state index in [1.54, 1.807) is 0 Å². The number of amides is 1. The Kier molecular flexibility index (Phi) is 5.02. The largest absolute Gasteiger partial charge is 0.350 e. The Labute approximate surface area is 154 Å². The van der Waals surface area contributed by atoms with Crippen molar-refractivity contribution in [2.45, 2.75) is 58.8 Å². The molecule has 0 saturated heterocycles. The van der Waals surface area contributed by atoms with Crippen LogP contribution in [0.5, 0.6) is 0 Å². The Morgan fingerprint density at radius 1 is 1.23 bits per heavy atom. The Morgan fingerprint density at radius 3 is 2.88 bits per heavy atom. The minimum Gasteiger partial charge on any atom is -0.350 e. The van der Waals surface area contributed by atoms with Crippen molar-refractivity contribution < 1.29 is 4.79 Å². The van der Waals surface area contributed by atoms with E-state index in [4.69, 9.17) is 0 Å². The second-order valence-corrected chi connectivity index (χ2v) is 7.53. The van der Waals surface area contributed by atoms with Gasteiger partial charge in [0.15, 0.2) is 0 Å². The Balaban J connectivity index is 1.34. The summed E-state index contributed by atoms with van der Waals surface area (Å²) < 4.78 is 2.08. The van der Waals surface area contributed by atoms with Crippen molar-refractivity contribution in [1.82, 2.24) is 25.0 Å².